The second-order valence-corrected chi connectivity index (χ2v) is 5.12. The van der Waals surface area contributed by atoms with E-state index in [9.17, 15) is 15.1 Å². The van der Waals surface area contributed by atoms with Gasteiger partial charge in [0.15, 0.2) is 5.84 Å². The van der Waals surface area contributed by atoms with Crippen molar-refractivity contribution in [1.29, 1.82) is 5.41 Å². The summed E-state index contributed by atoms with van der Waals surface area (Å²) in [5.41, 5.74) is 2.98. The van der Waals surface area contributed by atoms with Crippen molar-refractivity contribution in [3.8, 4) is 0 Å². The fourth-order valence-electron chi connectivity index (χ4n) is 2.70. The second kappa shape index (κ2) is 5.58. The van der Waals surface area contributed by atoms with E-state index >= 15 is 0 Å². The van der Waals surface area contributed by atoms with Crippen molar-refractivity contribution in [3.05, 3.63) is 71.3 Å². The quantitative estimate of drug-likeness (QED) is 0.751. The third-order valence-electron chi connectivity index (χ3n) is 3.76. The number of carboxylic acid groups (broad SMARTS) is 1. The first kappa shape index (κ1) is 14.8. The molecular formula is C17H15N3O3. The Hall–Kier alpha value is -3.12. The van der Waals surface area contributed by atoms with Gasteiger partial charge < -0.3 is 5.11 Å². The molecule has 2 aromatic rings. The number of amides is 1. The molecule has 0 aromatic heterocycles. The van der Waals surface area contributed by atoms with Crippen LogP contribution in [0.25, 0.3) is 5.57 Å². The zero-order valence-electron chi connectivity index (χ0n) is 12.4. The maximum absolute atomic E-state index is 11.6. The minimum Gasteiger partial charge on any atom is -0.463 e. The third kappa shape index (κ3) is 2.35. The van der Waals surface area contributed by atoms with E-state index in [0.29, 0.717) is 32.6 Å². The standard InChI is InChI=1S/C17H15N3O3/c1-11-15(12-7-3-2-4-8-12)13-9-5-6-10-14(13)19(17(21)22)20(23)16(11)18/h2-10,18,23H,1H3,(H,21,22). The molecule has 0 bridgehead atoms. The van der Waals surface area contributed by atoms with Gasteiger partial charge in [-0.15, -0.1) is 5.17 Å². The summed E-state index contributed by atoms with van der Waals surface area (Å²) in [6.45, 7) is 1.69. The molecule has 0 saturated carbocycles. The number of benzene rings is 2. The average molecular weight is 309 g/mol. The van der Waals surface area contributed by atoms with Gasteiger partial charge in [0.1, 0.15) is 0 Å². The Balaban J connectivity index is 2.35. The third-order valence-corrected chi connectivity index (χ3v) is 3.76. The maximum atomic E-state index is 11.6. The van der Waals surface area contributed by atoms with E-state index in [1.165, 1.54) is 0 Å². The smallest absolute Gasteiger partial charge is 0.433 e. The predicted molar refractivity (Wildman–Crippen MR) is 86.4 cm³/mol. The Labute approximate surface area is 132 Å². The summed E-state index contributed by atoms with van der Waals surface area (Å²) in [7, 11) is 0. The van der Waals surface area contributed by atoms with Crippen LogP contribution in [0.5, 0.6) is 0 Å². The highest BCUT2D eigenvalue weighted by Crippen LogP contribution is 2.37. The molecule has 0 unspecified atom stereocenters. The van der Waals surface area contributed by atoms with Crippen molar-refractivity contribution in [2.75, 3.05) is 5.01 Å². The molecule has 1 aliphatic heterocycles. The number of nitrogens with one attached hydrogen (secondary N) is 1. The summed E-state index contributed by atoms with van der Waals surface area (Å²) in [5.74, 6) is -0.289. The molecule has 0 aliphatic carbocycles. The molecule has 6 nitrogen and oxygen atoms in total. The number of anilines is 1. The van der Waals surface area contributed by atoms with Crippen LogP contribution >= 0.6 is 0 Å². The van der Waals surface area contributed by atoms with Gasteiger partial charge in [-0.2, -0.15) is 5.01 Å². The molecule has 23 heavy (non-hydrogen) atoms. The number of hydrazine groups is 1. The number of carbonyl (C=O) groups is 1. The van der Waals surface area contributed by atoms with E-state index in [-0.39, 0.29) is 5.84 Å². The first-order valence-corrected chi connectivity index (χ1v) is 6.99. The number of hydrogen-bond acceptors (Lipinski definition) is 3. The van der Waals surface area contributed by atoms with Gasteiger partial charge in [0.25, 0.3) is 0 Å². The zero-order chi connectivity index (χ0) is 16.6. The van der Waals surface area contributed by atoms with Crippen LogP contribution in [-0.2, 0) is 0 Å². The molecule has 0 spiro atoms. The number of rotatable bonds is 1. The number of hydrogen-bond donors (Lipinski definition) is 3. The molecule has 2 aromatic carbocycles. The van der Waals surface area contributed by atoms with Crippen molar-refractivity contribution in [1.82, 2.24) is 5.17 Å². The van der Waals surface area contributed by atoms with Crippen LogP contribution in [0.3, 0.4) is 0 Å². The second-order valence-electron chi connectivity index (χ2n) is 5.12. The van der Waals surface area contributed by atoms with Crippen molar-refractivity contribution in [2.24, 2.45) is 0 Å². The number of hydroxylamine groups is 1. The molecule has 6 heteroatoms. The van der Waals surface area contributed by atoms with E-state index in [1.807, 2.05) is 30.3 Å². The summed E-state index contributed by atoms with van der Waals surface area (Å²) >= 11 is 0. The Bertz CT molecular complexity index is 815. The van der Waals surface area contributed by atoms with Gasteiger partial charge in [-0.25, -0.2) is 4.79 Å². The number of fused-ring (bicyclic) bond motifs is 1. The number of amidine groups is 1. The van der Waals surface area contributed by atoms with E-state index in [0.717, 1.165) is 5.56 Å². The number of para-hydroxylation sites is 1. The molecule has 116 valence electrons. The van der Waals surface area contributed by atoms with Gasteiger partial charge in [0.05, 0.1) is 5.69 Å². The van der Waals surface area contributed by atoms with Crippen molar-refractivity contribution in [3.63, 3.8) is 0 Å². The monoisotopic (exact) mass is 309 g/mol. The molecular weight excluding hydrogens is 294 g/mol. The van der Waals surface area contributed by atoms with Crippen LogP contribution in [0.4, 0.5) is 10.5 Å². The molecule has 1 heterocycles. The largest absolute Gasteiger partial charge is 0.463 e. The normalized spacial score (nSPS) is 14.6. The van der Waals surface area contributed by atoms with Crippen molar-refractivity contribution >= 4 is 23.2 Å². The molecule has 3 N–H and O–H groups in total. The molecule has 1 amide bonds. The highest BCUT2D eigenvalue weighted by atomic mass is 16.6. The van der Waals surface area contributed by atoms with Crippen LogP contribution in [0, 0.1) is 5.41 Å². The van der Waals surface area contributed by atoms with E-state index in [2.05, 4.69) is 0 Å². The molecule has 0 fully saturated rings. The van der Waals surface area contributed by atoms with E-state index < -0.39 is 6.09 Å². The lowest BCUT2D eigenvalue weighted by Gasteiger charge is -2.27. The fourth-order valence-corrected chi connectivity index (χ4v) is 2.70. The Morgan fingerprint density at radius 2 is 1.65 bits per heavy atom. The van der Waals surface area contributed by atoms with Gasteiger partial charge in [0.2, 0.25) is 0 Å². The van der Waals surface area contributed by atoms with Crippen LogP contribution in [0.2, 0.25) is 0 Å². The lowest BCUT2D eigenvalue weighted by atomic mass is 9.92. The van der Waals surface area contributed by atoms with Gasteiger partial charge in [0, 0.05) is 11.1 Å². The molecule has 3 rings (SSSR count). The Kier molecular flexibility index (Phi) is 3.59. The lowest BCUT2D eigenvalue weighted by molar-refractivity contribution is -0.0226. The van der Waals surface area contributed by atoms with Crippen molar-refractivity contribution in [2.45, 2.75) is 6.92 Å². The van der Waals surface area contributed by atoms with E-state index in [4.69, 9.17) is 5.41 Å². The summed E-state index contributed by atoms with van der Waals surface area (Å²) in [6.07, 6.45) is -1.37. The van der Waals surface area contributed by atoms with Crippen molar-refractivity contribution < 1.29 is 15.1 Å². The van der Waals surface area contributed by atoms with Gasteiger partial charge in [-0.1, -0.05) is 48.5 Å². The van der Waals surface area contributed by atoms with E-state index in [1.54, 1.807) is 31.2 Å². The molecule has 0 saturated heterocycles. The van der Waals surface area contributed by atoms with Crippen LogP contribution < -0.4 is 5.01 Å². The topological polar surface area (TPSA) is 87.9 Å². The highest BCUT2D eigenvalue weighted by Gasteiger charge is 2.32. The Morgan fingerprint density at radius 1 is 1.04 bits per heavy atom. The first-order chi connectivity index (χ1) is 11.0. The average Bonchev–Trinajstić information content (AvgIpc) is 2.63. The van der Waals surface area contributed by atoms with Gasteiger partial charge >= 0.3 is 6.09 Å². The summed E-state index contributed by atoms with van der Waals surface area (Å²) in [4.78, 5) is 11.6. The lowest BCUT2D eigenvalue weighted by Crippen LogP contribution is -2.47. The van der Waals surface area contributed by atoms with Gasteiger partial charge in [-0.3, -0.25) is 10.6 Å². The van der Waals surface area contributed by atoms with Gasteiger partial charge in [-0.05, 0) is 24.1 Å². The predicted octanol–water partition coefficient (Wildman–Crippen LogP) is 3.59. The first-order valence-electron chi connectivity index (χ1n) is 6.99. The maximum Gasteiger partial charge on any atom is 0.433 e. The SMILES string of the molecule is CC1=C(c2ccccc2)c2ccccc2N(C(=O)O)N(O)C1=N. The minimum absolute atomic E-state index is 0.289. The molecule has 1 aliphatic rings. The zero-order valence-corrected chi connectivity index (χ0v) is 12.4. The number of nitrogens with zero attached hydrogens (tertiary/aromatic N) is 2. The summed E-state index contributed by atoms with van der Waals surface area (Å²) in [6, 6.07) is 16.3. The molecule has 0 atom stereocenters. The fraction of sp³-hybridized carbons (Fsp3) is 0.0588. The minimum atomic E-state index is -1.37. The highest BCUT2D eigenvalue weighted by molar-refractivity contribution is 6.11. The summed E-state index contributed by atoms with van der Waals surface area (Å²) in [5, 5.41) is 28.8. The molecule has 0 radical (unpaired) electrons. The Morgan fingerprint density at radius 3 is 2.30 bits per heavy atom. The van der Waals surface area contributed by atoms with Crippen LogP contribution in [0.15, 0.2) is 60.2 Å². The summed E-state index contributed by atoms with van der Waals surface area (Å²) < 4.78 is 0. The van der Waals surface area contributed by atoms with Crippen LogP contribution in [-0.4, -0.2) is 27.4 Å². The van der Waals surface area contributed by atoms with Crippen LogP contribution in [0.1, 0.15) is 18.1 Å².